The van der Waals surface area contributed by atoms with E-state index in [0.29, 0.717) is 56.7 Å². The van der Waals surface area contributed by atoms with Crippen LogP contribution in [0.4, 0.5) is 0 Å². The van der Waals surface area contributed by atoms with Gasteiger partial charge in [-0.25, -0.2) is 0 Å². The first-order chi connectivity index (χ1) is 26.7. The van der Waals surface area contributed by atoms with E-state index in [2.05, 4.69) is 91.6 Å². The van der Waals surface area contributed by atoms with Gasteiger partial charge in [-0.15, -0.1) is 0 Å². The van der Waals surface area contributed by atoms with Gasteiger partial charge in [0.05, 0.1) is 25.0 Å². The summed E-state index contributed by atoms with van der Waals surface area (Å²) in [5.74, 6) is 2.77. The third-order valence-electron chi connectivity index (χ3n) is 12.2. The summed E-state index contributed by atoms with van der Waals surface area (Å²) < 4.78 is 21.4. The molecule has 4 bridgehead atoms. The molecule has 3 aliphatic rings. The lowest BCUT2D eigenvalue weighted by molar-refractivity contribution is 0.0146. The van der Waals surface area contributed by atoms with E-state index >= 15 is 0 Å². The van der Waals surface area contributed by atoms with Gasteiger partial charge < -0.3 is 40.0 Å². The minimum Gasteiger partial charge on any atom is -0.504 e. The smallest absolute Gasteiger partial charge is 0.161 e. The molecule has 4 heterocycles. The van der Waals surface area contributed by atoms with E-state index in [4.69, 9.17) is 19.9 Å². The Hall–Kier alpha value is -4.08. The number of aliphatic hydroxyl groups is 1. The molecule has 1 aromatic heterocycles. The average Bonchev–Trinajstić information content (AvgIpc) is 3.64. The number of phenols is 1. The highest BCUT2D eigenvalue weighted by Gasteiger charge is 2.37. The number of nitrogens with two attached hydrogens (primary N) is 1. The van der Waals surface area contributed by atoms with Gasteiger partial charge in [-0.3, -0.25) is 0 Å². The first-order valence-electron chi connectivity index (χ1n) is 20.7. The number of dihydropyridines is 1. The Morgan fingerprint density at radius 2 is 1.78 bits per heavy atom. The van der Waals surface area contributed by atoms with E-state index in [1.165, 1.54) is 24.0 Å². The monoisotopic (exact) mass is 747 g/mol. The fourth-order valence-corrected chi connectivity index (χ4v) is 8.79. The highest BCUT2D eigenvalue weighted by Crippen LogP contribution is 2.43. The summed E-state index contributed by atoms with van der Waals surface area (Å²) in [6, 6.07) is 21.0. The molecule has 0 spiro atoms. The maximum atomic E-state index is 11.4. The standard InChI is InChI=1S/C47H61N3O5/c1-4-33(11-10-32(2)3)13-17-41-27-40(51)16-12-34-14-18-43(52)44(24-34)55-31-37-26-39(47(20-22-53-23-21-47)38-8-6-5-7-9-38)25-36-28-50(29-42(36)37)46-35(30-54-41)15-19-45(48)49-46/h5-9,14-15,18-19,24-26,28-29,32-33,40-41,45,49,51-52H,4,10-13,16-17,20-23,27,30-31,48H2,1-3H3/t33-,40-,41+,45?/m1/s1. The highest BCUT2D eigenvalue weighted by atomic mass is 16.5. The van der Waals surface area contributed by atoms with Crippen LogP contribution in [0.1, 0.15) is 101 Å². The molecule has 294 valence electrons. The Morgan fingerprint density at radius 3 is 2.56 bits per heavy atom. The van der Waals surface area contributed by atoms with Crippen molar-refractivity contribution in [2.24, 2.45) is 17.6 Å². The Kier molecular flexibility index (Phi) is 12.7. The predicted molar refractivity (Wildman–Crippen MR) is 221 cm³/mol. The third kappa shape index (κ3) is 9.32. The van der Waals surface area contributed by atoms with Crippen LogP contribution in [0.5, 0.6) is 11.5 Å². The molecule has 0 amide bonds. The SMILES string of the molecule is CC[C@H](CCC(C)C)CC[C@H]1C[C@H](O)CCc2ccc(O)c(c2)OCc2cc(C3(c4ccccc4)CCOCC3)cc3cn(cc23)C2=C(C=CC(N)N2)CO1. The van der Waals surface area contributed by atoms with Gasteiger partial charge in [0, 0.05) is 47.4 Å². The summed E-state index contributed by atoms with van der Waals surface area (Å²) in [5, 5.41) is 28.0. The van der Waals surface area contributed by atoms with Gasteiger partial charge in [0.1, 0.15) is 12.4 Å². The molecule has 0 saturated carbocycles. The molecule has 0 radical (unpaired) electrons. The zero-order valence-electron chi connectivity index (χ0n) is 33.0. The molecule has 8 heteroatoms. The van der Waals surface area contributed by atoms with E-state index in [9.17, 15) is 10.2 Å². The van der Waals surface area contributed by atoms with E-state index in [1.54, 1.807) is 6.07 Å². The molecule has 55 heavy (non-hydrogen) atoms. The largest absolute Gasteiger partial charge is 0.504 e. The lowest BCUT2D eigenvalue weighted by Gasteiger charge is -2.39. The van der Waals surface area contributed by atoms with Gasteiger partial charge in [-0.05, 0) is 103 Å². The zero-order chi connectivity index (χ0) is 38.4. The van der Waals surface area contributed by atoms with E-state index in [-0.39, 0.29) is 30.0 Å². The minimum absolute atomic E-state index is 0.0926. The van der Waals surface area contributed by atoms with Crippen LogP contribution in [-0.2, 0) is 27.9 Å². The number of hydrogen-bond acceptors (Lipinski definition) is 7. The number of rotatable bonds is 9. The molecule has 1 fully saturated rings. The normalized spacial score (nSPS) is 22.5. The zero-order valence-corrected chi connectivity index (χ0v) is 33.0. The van der Waals surface area contributed by atoms with Crippen molar-refractivity contribution in [3.05, 3.63) is 113 Å². The Labute approximate surface area is 327 Å². The third-order valence-corrected chi connectivity index (χ3v) is 12.2. The van der Waals surface area contributed by atoms with Crippen molar-refractivity contribution in [2.75, 3.05) is 19.8 Å². The topological polar surface area (TPSA) is 111 Å². The van der Waals surface area contributed by atoms with E-state index < -0.39 is 6.10 Å². The lowest BCUT2D eigenvalue weighted by Crippen LogP contribution is -2.38. The minimum atomic E-state index is -0.524. The number of aliphatic hydroxyl groups excluding tert-OH is 1. The van der Waals surface area contributed by atoms with Crippen LogP contribution < -0.4 is 15.8 Å². The molecule has 1 saturated heterocycles. The van der Waals surface area contributed by atoms with Crippen molar-refractivity contribution in [1.82, 2.24) is 9.88 Å². The Balaban J connectivity index is 1.30. The van der Waals surface area contributed by atoms with Crippen LogP contribution in [0.2, 0.25) is 0 Å². The second-order valence-electron chi connectivity index (χ2n) is 16.5. The molecule has 5 N–H and O–H groups in total. The average molecular weight is 748 g/mol. The van der Waals surface area contributed by atoms with Gasteiger partial charge in [0.25, 0.3) is 0 Å². The fraction of sp³-hybridized carbons (Fsp3) is 0.489. The number of benzene rings is 3. The molecule has 8 nitrogen and oxygen atoms in total. The van der Waals surface area contributed by atoms with E-state index in [0.717, 1.165) is 65.4 Å². The molecular formula is C47H61N3O5. The molecule has 0 aliphatic carbocycles. The van der Waals surface area contributed by atoms with Crippen LogP contribution >= 0.6 is 0 Å². The molecule has 4 atom stereocenters. The second-order valence-corrected chi connectivity index (χ2v) is 16.5. The van der Waals surface area contributed by atoms with Crippen molar-refractivity contribution < 1.29 is 24.4 Å². The molecule has 1 unspecified atom stereocenters. The summed E-state index contributed by atoms with van der Waals surface area (Å²) in [6.07, 6.45) is 16.6. The molecule has 4 aromatic rings. The number of fused-ring (bicyclic) bond motifs is 4. The summed E-state index contributed by atoms with van der Waals surface area (Å²) in [5.41, 5.74) is 11.9. The first-order valence-corrected chi connectivity index (χ1v) is 20.7. The van der Waals surface area contributed by atoms with Gasteiger partial charge in [-0.1, -0.05) is 88.6 Å². The number of hydrogen-bond donors (Lipinski definition) is 4. The van der Waals surface area contributed by atoms with Crippen LogP contribution in [-0.4, -0.2) is 53.0 Å². The maximum Gasteiger partial charge on any atom is 0.161 e. The van der Waals surface area contributed by atoms with Gasteiger partial charge >= 0.3 is 0 Å². The number of ether oxygens (including phenoxy) is 3. The fourth-order valence-electron chi connectivity index (χ4n) is 8.79. The molecule has 7 rings (SSSR count). The van der Waals surface area contributed by atoms with Crippen LogP contribution in [0, 0.1) is 11.8 Å². The highest BCUT2D eigenvalue weighted by molar-refractivity contribution is 5.88. The first kappa shape index (κ1) is 39.2. The number of aryl methyl sites for hydroxylation is 1. The summed E-state index contributed by atoms with van der Waals surface area (Å²) in [7, 11) is 0. The van der Waals surface area contributed by atoms with E-state index in [1.807, 2.05) is 18.2 Å². The maximum absolute atomic E-state index is 11.4. The number of nitrogens with one attached hydrogen (secondary N) is 1. The summed E-state index contributed by atoms with van der Waals surface area (Å²) >= 11 is 0. The molecule has 3 aliphatic heterocycles. The lowest BCUT2D eigenvalue weighted by atomic mass is 9.68. The van der Waals surface area contributed by atoms with Gasteiger partial charge in [-0.2, -0.15) is 0 Å². The van der Waals surface area contributed by atoms with Crippen molar-refractivity contribution >= 4 is 16.6 Å². The molecule has 3 aromatic carbocycles. The second kappa shape index (κ2) is 17.8. The Morgan fingerprint density at radius 1 is 0.964 bits per heavy atom. The number of nitrogens with zero attached hydrogens (tertiary/aromatic N) is 1. The molecular weight excluding hydrogens is 687 g/mol. The summed E-state index contributed by atoms with van der Waals surface area (Å²) in [4.78, 5) is 0. The summed E-state index contributed by atoms with van der Waals surface area (Å²) in [6.45, 7) is 8.94. The van der Waals surface area contributed by atoms with Crippen molar-refractivity contribution in [3.63, 3.8) is 0 Å². The van der Waals surface area contributed by atoms with Gasteiger partial charge in [0.2, 0.25) is 0 Å². The Bertz CT molecular complexity index is 1940. The number of aromatic hydroxyl groups is 1. The number of phenolic OH excluding ortho intramolecular Hbond substituents is 1. The predicted octanol–water partition coefficient (Wildman–Crippen LogP) is 8.96. The van der Waals surface area contributed by atoms with Gasteiger partial charge in [0.15, 0.2) is 11.5 Å². The van der Waals surface area contributed by atoms with Crippen LogP contribution in [0.3, 0.4) is 0 Å². The quantitative estimate of drug-likeness (QED) is 0.135. The van der Waals surface area contributed by atoms with Crippen LogP contribution in [0.25, 0.3) is 16.6 Å². The van der Waals surface area contributed by atoms with Crippen molar-refractivity contribution in [2.45, 2.75) is 115 Å². The van der Waals surface area contributed by atoms with Crippen molar-refractivity contribution in [3.8, 4) is 11.5 Å². The van der Waals surface area contributed by atoms with Crippen molar-refractivity contribution in [1.29, 1.82) is 0 Å². The number of aromatic nitrogens is 1. The van der Waals surface area contributed by atoms with Crippen LogP contribution in [0.15, 0.2) is 90.8 Å².